The first kappa shape index (κ1) is 18.0. The van der Waals surface area contributed by atoms with Crippen molar-refractivity contribution >= 4 is 18.1 Å². The third-order valence-electron chi connectivity index (χ3n) is 3.00. The summed E-state index contributed by atoms with van der Waals surface area (Å²) in [5, 5.41) is 12.4. The summed E-state index contributed by atoms with van der Waals surface area (Å²) in [6, 6.07) is 14.0. The van der Waals surface area contributed by atoms with E-state index < -0.39 is 12.6 Å². The molecule has 7 nitrogen and oxygen atoms in total. The highest BCUT2D eigenvalue weighted by Crippen LogP contribution is 2.12. The lowest BCUT2D eigenvalue weighted by Crippen LogP contribution is -2.24. The first-order valence-electron chi connectivity index (χ1n) is 7.49. The average Bonchev–Trinajstić information content (AvgIpc) is 2.59. The third kappa shape index (κ3) is 6.74. The number of hydrogen-bond donors (Lipinski definition) is 2. The summed E-state index contributed by atoms with van der Waals surface area (Å²) in [6.45, 7) is 1.41. The molecule has 1 amide bonds. The average molecular weight is 342 g/mol. The zero-order valence-electron chi connectivity index (χ0n) is 13.6. The van der Waals surface area contributed by atoms with Crippen LogP contribution in [0.2, 0.25) is 0 Å². The van der Waals surface area contributed by atoms with Crippen LogP contribution in [-0.2, 0) is 9.59 Å². The number of carboxylic acids is 1. The molecule has 25 heavy (non-hydrogen) atoms. The maximum Gasteiger partial charge on any atom is 0.341 e. The highest BCUT2D eigenvalue weighted by atomic mass is 16.5. The standard InChI is InChI=1S/C18H18N2O5/c1-13-3-2-4-16(9-13)24-11-17(21)20-19-10-14-5-7-15(8-6-14)25-12-18(22)23/h2-10H,11-12H2,1H3,(H,20,21)(H,22,23). The van der Waals surface area contributed by atoms with Gasteiger partial charge in [0, 0.05) is 0 Å². The Bertz CT molecular complexity index is 756. The number of hydrazone groups is 1. The summed E-state index contributed by atoms with van der Waals surface area (Å²) in [7, 11) is 0. The number of ether oxygens (including phenoxy) is 2. The van der Waals surface area contributed by atoms with Gasteiger partial charge in [-0.15, -0.1) is 0 Å². The minimum atomic E-state index is -1.04. The van der Waals surface area contributed by atoms with E-state index in [9.17, 15) is 9.59 Å². The number of carboxylic acid groups (broad SMARTS) is 1. The monoisotopic (exact) mass is 342 g/mol. The molecule has 0 saturated carbocycles. The van der Waals surface area contributed by atoms with E-state index in [2.05, 4.69) is 10.5 Å². The van der Waals surface area contributed by atoms with E-state index in [1.54, 1.807) is 30.3 Å². The molecule has 0 atom stereocenters. The molecule has 0 fully saturated rings. The number of carbonyl (C=O) groups excluding carboxylic acids is 1. The zero-order chi connectivity index (χ0) is 18.1. The Labute approximate surface area is 144 Å². The molecule has 0 aliphatic rings. The van der Waals surface area contributed by atoms with Crippen LogP contribution in [-0.4, -0.2) is 36.4 Å². The normalized spacial score (nSPS) is 10.4. The van der Waals surface area contributed by atoms with Gasteiger partial charge in [0.05, 0.1) is 6.21 Å². The largest absolute Gasteiger partial charge is 0.484 e. The molecule has 0 bridgehead atoms. The molecule has 130 valence electrons. The molecular weight excluding hydrogens is 324 g/mol. The van der Waals surface area contributed by atoms with E-state index in [0.29, 0.717) is 11.5 Å². The van der Waals surface area contributed by atoms with E-state index in [1.165, 1.54) is 6.21 Å². The fraction of sp³-hybridized carbons (Fsp3) is 0.167. The van der Waals surface area contributed by atoms with Crippen LogP contribution in [0.4, 0.5) is 0 Å². The van der Waals surface area contributed by atoms with Gasteiger partial charge in [-0.3, -0.25) is 4.79 Å². The number of carbonyl (C=O) groups is 2. The molecule has 7 heteroatoms. The Hall–Kier alpha value is -3.35. The fourth-order valence-electron chi connectivity index (χ4n) is 1.86. The SMILES string of the molecule is Cc1cccc(OCC(=O)NN=Cc2ccc(OCC(=O)O)cc2)c1. The van der Waals surface area contributed by atoms with Crippen LogP contribution in [0.25, 0.3) is 0 Å². The second-order valence-corrected chi connectivity index (χ2v) is 5.15. The highest BCUT2D eigenvalue weighted by molar-refractivity contribution is 5.83. The second-order valence-electron chi connectivity index (χ2n) is 5.15. The van der Waals surface area contributed by atoms with E-state index in [-0.39, 0.29) is 12.5 Å². The lowest BCUT2D eigenvalue weighted by atomic mass is 10.2. The molecule has 0 aromatic heterocycles. The number of amides is 1. The van der Waals surface area contributed by atoms with E-state index in [0.717, 1.165) is 11.1 Å². The second kappa shape index (κ2) is 9.07. The zero-order valence-corrected chi connectivity index (χ0v) is 13.6. The minimum Gasteiger partial charge on any atom is -0.484 e. The Morgan fingerprint density at radius 2 is 1.80 bits per heavy atom. The smallest absolute Gasteiger partial charge is 0.341 e. The third-order valence-corrected chi connectivity index (χ3v) is 3.00. The Morgan fingerprint density at radius 3 is 2.48 bits per heavy atom. The predicted molar refractivity (Wildman–Crippen MR) is 92.0 cm³/mol. The summed E-state index contributed by atoms with van der Waals surface area (Å²) in [4.78, 5) is 22.1. The van der Waals surface area contributed by atoms with Crippen molar-refractivity contribution in [2.75, 3.05) is 13.2 Å². The highest BCUT2D eigenvalue weighted by Gasteiger charge is 2.02. The summed E-state index contributed by atoms with van der Waals surface area (Å²) in [5.41, 5.74) is 4.14. The van der Waals surface area contributed by atoms with Gasteiger partial charge in [0.2, 0.25) is 0 Å². The topological polar surface area (TPSA) is 97.2 Å². The van der Waals surface area contributed by atoms with Gasteiger partial charge < -0.3 is 14.6 Å². The number of benzene rings is 2. The van der Waals surface area contributed by atoms with Gasteiger partial charge in [0.25, 0.3) is 5.91 Å². The molecule has 0 aliphatic carbocycles. The van der Waals surface area contributed by atoms with Crippen molar-refractivity contribution in [2.24, 2.45) is 5.10 Å². The Balaban J connectivity index is 1.76. The van der Waals surface area contributed by atoms with Crippen molar-refractivity contribution in [3.05, 3.63) is 59.7 Å². The van der Waals surface area contributed by atoms with Gasteiger partial charge >= 0.3 is 5.97 Å². The van der Waals surface area contributed by atoms with Gasteiger partial charge in [-0.1, -0.05) is 12.1 Å². The van der Waals surface area contributed by atoms with Crippen LogP contribution in [0.15, 0.2) is 53.6 Å². The van der Waals surface area contributed by atoms with Gasteiger partial charge in [-0.25, -0.2) is 10.2 Å². The Morgan fingerprint density at radius 1 is 1.08 bits per heavy atom. The number of nitrogens with zero attached hydrogens (tertiary/aromatic N) is 1. The van der Waals surface area contributed by atoms with Crippen molar-refractivity contribution in [3.63, 3.8) is 0 Å². The lowest BCUT2D eigenvalue weighted by Gasteiger charge is -2.05. The fourth-order valence-corrected chi connectivity index (χ4v) is 1.86. The molecule has 2 N–H and O–H groups in total. The molecule has 2 aromatic rings. The maximum atomic E-state index is 11.7. The number of aliphatic carboxylic acids is 1. The van der Waals surface area contributed by atoms with Crippen molar-refractivity contribution in [2.45, 2.75) is 6.92 Å². The minimum absolute atomic E-state index is 0.136. The van der Waals surface area contributed by atoms with Gasteiger partial charge in [-0.05, 0) is 54.4 Å². The van der Waals surface area contributed by atoms with Gasteiger partial charge in [0.1, 0.15) is 11.5 Å². The lowest BCUT2D eigenvalue weighted by molar-refractivity contribution is -0.139. The summed E-state index contributed by atoms with van der Waals surface area (Å²) in [6.07, 6.45) is 1.46. The van der Waals surface area contributed by atoms with Crippen LogP contribution >= 0.6 is 0 Å². The van der Waals surface area contributed by atoms with Crippen molar-refractivity contribution in [1.29, 1.82) is 0 Å². The Kier molecular flexibility index (Phi) is 6.53. The quantitative estimate of drug-likeness (QED) is 0.565. The van der Waals surface area contributed by atoms with Crippen LogP contribution in [0.3, 0.4) is 0 Å². The van der Waals surface area contributed by atoms with E-state index in [1.807, 2.05) is 25.1 Å². The van der Waals surface area contributed by atoms with Crippen LogP contribution in [0.1, 0.15) is 11.1 Å². The molecule has 0 spiro atoms. The molecule has 2 aromatic carbocycles. The molecule has 0 aliphatic heterocycles. The van der Waals surface area contributed by atoms with Crippen molar-refractivity contribution < 1.29 is 24.2 Å². The first-order valence-corrected chi connectivity index (χ1v) is 7.49. The molecule has 0 saturated heterocycles. The molecule has 0 unspecified atom stereocenters. The molecular formula is C18H18N2O5. The number of hydrogen-bond acceptors (Lipinski definition) is 5. The van der Waals surface area contributed by atoms with Crippen LogP contribution < -0.4 is 14.9 Å². The number of rotatable bonds is 8. The molecule has 0 radical (unpaired) electrons. The number of aryl methyl sites for hydroxylation is 1. The summed E-state index contributed by atoms with van der Waals surface area (Å²) >= 11 is 0. The predicted octanol–water partition coefficient (Wildman–Crippen LogP) is 1.99. The summed E-state index contributed by atoms with van der Waals surface area (Å²) < 4.78 is 10.4. The van der Waals surface area contributed by atoms with Crippen molar-refractivity contribution in [1.82, 2.24) is 5.43 Å². The first-order chi connectivity index (χ1) is 12.0. The summed E-state index contributed by atoms with van der Waals surface area (Å²) in [5.74, 6) is -0.355. The van der Waals surface area contributed by atoms with E-state index >= 15 is 0 Å². The van der Waals surface area contributed by atoms with Gasteiger partial charge in [0.15, 0.2) is 13.2 Å². The molecule has 0 heterocycles. The molecule has 2 rings (SSSR count). The number of nitrogens with one attached hydrogen (secondary N) is 1. The maximum absolute atomic E-state index is 11.7. The van der Waals surface area contributed by atoms with Gasteiger partial charge in [-0.2, -0.15) is 5.10 Å². The van der Waals surface area contributed by atoms with Crippen LogP contribution in [0.5, 0.6) is 11.5 Å². The van der Waals surface area contributed by atoms with Crippen molar-refractivity contribution in [3.8, 4) is 11.5 Å². The van der Waals surface area contributed by atoms with Crippen LogP contribution in [0, 0.1) is 6.92 Å². The van der Waals surface area contributed by atoms with E-state index in [4.69, 9.17) is 14.6 Å².